The highest BCUT2D eigenvalue weighted by Crippen LogP contribution is 2.21. The molecule has 1 heterocycles. The van der Waals surface area contributed by atoms with E-state index >= 15 is 0 Å². The van der Waals surface area contributed by atoms with Crippen LogP contribution in [0.2, 0.25) is 0 Å². The molecule has 17 heavy (non-hydrogen) atoms. The van der Waals surface area contributed by atoms with Gasteiger partial charge in [-0.2, -0.15) is 0 Å². The SMILES string of the molecule is CNC(Cc1ccco1)c1ccc(OC)cc1. The zero-order chi connectivity index (χ0) is 12.1. The number of likely N-dealkylation sites (N-methyl/N-ethyl adjacent to an activating group) is 1. The van der Waals surface area contributed by atoms with E-state index in [0.29, 0.717) is 0 Å². The molecule has 1 unspecified atom stereocenters. The lowest BCUT2D eigenvalue weighted by Gasteiger charge is -2.15. The summed E-state index contributed by atoms with van der Waals surface area (Å²) < 4.78 is 10.5. The first-order valence-corrected chi connectivity index (χ1v) is 5.67. The van der Waals surface area contributed by atoms with Crippen molar-refractivity contribution in [1.29, 1.82) is 0 Å². The Morgan fingerprint density at radius 2 is 2.00 bits per heavy atom. The first kappa shape index (κ1) is 11.7. The highest BCUT2D eigenvalue weighted by molar-refractivity contribution is 5.29. The quantitative estimate of drug-likeness (QED) is 0.859. The molecule has 0 aliphatic heterocycles. The maximum absolute atomic E-state index is 5.37. The summed E-state index contributed by atoms with van der Waals surface area (Å²) in [7, 11) is 3.63. The predicted octanol–water partition coefficient (Wildman–Crippen LogP) is 2.79. The Morgan fingerprint density at radius 1 is 1.24 bits per heavy atom. The normalized spacial score (nSPS) is 12.4. The standard InChI is InChI=1S/C14H17NO2/c1-15-14(10-13-4-3-9-17-13)11-5-7-12(16-2)8-6-11/h3-9,14-15H,10H2,1-2H3. The molecule has 1 atom stereocenters. The molecule has 2 rings (SSSR count). The summed E-state index contributed by atoms with van der Waals surface area (Å²) >= 11 is 0. The van der Waals surface area contributed by atoms with Crippen LogP contribution < -0.4 is 10.1 Å². The summed E-state index contributed by atoms with van der Waals surface area (Å²) in [6.07, 6.45) is 2.55. The first-order valence-electron chi connectivity index (χ1n) is 5.67. The van der Waals surface area contributed by atoms with Crippen LogP contribution in [0.4, 0.5) is 0 Å². The van der Waals surface area contributed by atoms with Gasteiger partial charge in [0.2, 0.25) is 0 Å². The fraction of sp³-hybridized carbons (Fsp3) is 0.286. The Balaban J connectivity index is 2.11. The molecule has 1 aromatic heterocycles. The van der Waals surface area contributed by atoms with Crippen molar-refractivity contribution in [2.24, 2.45) is 0 Å². The van der Waals surface area contributed by atoms with E-state index in [0.717, 1.165) is 17.9 Å². The first-order chi connectivity index (χ1) is 8.33. The van der Waals surface area contributed by atoms with E-state index < -0.39 is 0 Å². The van der Waals surface area contributed by atoms with Crippen LogP contribution in [0.15, 0.2) is 47.1 Å². The van der Waals surface area contributed by atoms with Gasteiger partial charge in [-0.05, 0) is 36.9 Å². The van der Waals surface area contributed by atoms with Crippen LogP contribution in [0.3, 0.4) is 0 Å². The Bertz CT molecular complexity index is 434. The maximum Gasteiger partial charge on any atom is 0.118 e. The van der Waals surface area contributed by atoms with Crippen molar-refractivity contribution < 1.29 is 9.15 Å². The smallest absolute Gasteiger partial charge is 0.118 e. The van der Waals surface area contributed by atoms with Crippen LogP contribution in [0.25, 0.3) is 0 Å². The molecule has 1 aromatic carbocycles. The summed E-state index contributed by atoms with van der Waals surface area (Å²) in [4.78, 5) is 0. The van der Waals surface area contributed by atoms with Gasteiger partial charge >= 0.3 is 0 Å². The van der Waals surface area contributed by atoms with Gasteiger partial charge in [0.15, 0.2) is 0 Å². The van der Waals surface area contributed by atoms with Crippen LogP contribution in [0.1, 0.15) is 17.4 Å². The van der Waals surface area contributed by atoms with Crippen molar-refractivity contribution in [2.45, 2.75) is 12.5 Å². The van der Waals surface area contributed by atoms with E-state index in [-0.39, 0.29) is 6.04 Å². The molecular formula is C14H17NO2. The third kappa shape index (κ3) is 2.88. The molecule has 2 aromatic rings. The van der Waals surface area contributed by atoms with Crippen LogP contribution in [0.5, 0.6) is 5.75 Å². The van der Waals surface area contributed by atoms with Crippen molar-refractivity contribution in [3.63, 3.8) is 0 Å². The Hall–Kier alpha value is -1.74. The number of furan rings is 1. The molecule has 0 bridgehead atoms. The van der Waals surface area contributed by atoms with Crippen molar-refractivity contribution in [3.8, 4) is 5.75 Å². The zero-order valence-corrected chi connectivity index (χ0v) is 10.1. The summed E-state index contributed by atoms with van der Waals surface area (Å²) in [6.45, 7) is 0. The third-order valence-corrected chi connectivity index (χ3v) is 2.85. The number of ether oxygens (including phenoxy) is 1. The Labute approximate surface area is 101 Å². The topological polar surface area (TPSA) is 34.4 Å². The number of methoxy groups -OCH3 is 1. The van der Waals surface area contributed by atoms with Crippen molar-refractivity contribution in [2.75, 3.05) is 14.2 Å². The molecule has 1 N–H and O–H groups in total. The molecular weight excluding hydrogens is 214 g/mol. The third-order valence-electron chi connectivity index (χ3n) is 2.85. The second-order valence-corrected chi connectivity index (χ2v) is 3.90. The summed E-state index contributed by atoms with van der Waals surface area (Å²) in [6, 6.07) is 12.3. The minimum Gasteiger partial charge on any atom is -0.497 e. The van der Waals surface area contributed by atoms with Crippen molar-refractivity contribution in [3.05, 3.63) is 54.0 Å². The van der Waals surface area contributed by atoms with Crippen molar-refractivity contribution >= 4 is 0 Å². The van der Waals surface area contributed by atoms with Gasteiger partial charge in [0, 0.05) is 12.5 Å². The molecule has 3 heteroatoms. The Morgan fingerprint density at radius 3 is 2.53 bits per heavy atom. The van der Waals surface area contributed by atoms with E-state index in [1.54, 1.807) is 13.4 Å². The highest BCUT2D eigenvalue weighted by atomic mass is 16.5. The number of nitrogens with one attached hydrogen (secondary N) is 1. The van der Waals surface area contributed by atoms with Crippen LogP contribution in [-0.4, -0.2) is 14.2 Å². The van der Waals surface area contributed by atoms with Gasteiger partial charge in [-0.1, -0.05) is 12.1 Å². The molecule has 0 aliphatic rings. The molecule has 90 valence electrons. The van der Waals surface area contributed by atoms with Gasteiger partial charge in [0.25, 0.3) is 0 Å². The lowest BCUT2D eigenvalue weighted by molar-refractivity contribution is 0.414. The molecule has 0 saturated heterocycles. The van der Waals surface area contributed by atoms with E-state index in [4.69, 9.17) is 9.15 Å². The number of benzene rings is 1. The van der Waals surface area contributed by atoms with E-state index in [9.17, 15) is 0 Å². The van der Waals surface area contributed by atoms with Crippen LogP contribution in [0, 0.1) is 0 Å². The van der Waals surface area contributed by atoms with Gasteiger partial charge in [0.05, 0.1) is 13.4 Å². The summed E-state index contributed by atoms with van der Waals surface area (Å²) in [5.74, 6) is 1.86. The molecule has 0 aliphatic carbocycles. The van der Waals surface area contributed by atoms with Crippen molar-refractivity contribution in [1.82, 2.24) is 5.32 Å². The van der Waals surface area contributed by atoms with E-state index in [1.807, 2.05) is 31.3 Å². The second-order valence-electron chi connectivity index (χ2n) is 3.90. The van der Waals surface area contributed by atoms with Gasteiger partial charge in [-0.3, -0.25) is 0 Å². The van der Waals surface area contributed by atoms with Gasteiger partial charge in [-0.25, -0.2) is 0 Å². The molecule has 0 amide bonds. The van der Waals surface area contributed by atoms with Crippen LogP contribution >= 0.6 is 0 Å². The summed E-state index contributed by atoms with van der Waals surface area (Å²) in [5, 5.41) is 3.29. The van der Waals surface area contributed by atoms with Gasteiger partial charge < -0.3 is 14.5 Å². The number of hydrogen-bond acceptors (Lipinski definition) is 3. The largest absolute Gasteiger partial charge is 0.497 e. The lowest BCUT2D eigenvalue weighted by Crippen LogP contribution is -2.18. The fourth-order valence-corrected chi connectivity index (χ4v) is 1.85. The minimum absolute atomic E-state index is 0.257. The van der Waals surface area contributed by atoms with Gasteiger partial charge in [-0.15, -0.1) is 0 Å². The molecule has 0 radical (unpaired) electrons. The average Bonchev–Trinajstić information content (AvgIpc) is 2.89. The second kappa shape index (κ2) is 5.55. The van der Waals surface area contributed by atoms with E-state index in [2.05, 4.69) is 17.4 Å². The highest BCUT2D eigenvalue weighted by Gasteiger charge is 2.11. The fourth-order valence-electron chi connectivity index (χ4n) is 1.85. The molecule has 3 nitrogen and oxygen atoms in total. The lowest BCUT2D eigenvalue weighted by atomic mass is 10.0. The van der Waals surface area contributed by atoms with E-state index in [1.165, 1.54) is 5.56 Å². The van der Waals surface area contributed by atoms with Gasteiger partial charge in [0.1, 0.15) is 11.5 Å². The number of rotatable bonds is 5. The van der Waals surface area contributed by atoms with Crippen LogP contribution in [-0.2, 0) is 6.42 Å². The summed E-state index contributed by atoms with van der Waals surface area (Å²) in [5.41, 5.74) is 1.23. The molecule has 0 saturated carbocycles. The monoisotopic (exact) mass is 231 g/mol. The molecule has 0 spiro atoms. The molecule has 0 fully saturated rings. The zero-order valence-electron chi connectivity index (χ0n) is 10.1. The maximum atomic E-state index is 5.37. The number of hydrogen-bond donors (Lipinski definition) is 1. The average molecular weight is 231 g/mol. The minimum atomic E-state index is 0.257. The Kier molecular flexibility index (Phi) is 3.83. The predicted molar refractivity (Wildman–Crippen MR) is 67.2 cm³/mol.